The summed E-state index contributed by atoms with van der Waals surface area (Å²) in [7, 11) is 0. The van der Waals surface area contributed by atoms with Crippen LogP contribution in [0.2, 0.25) is 0 Å². The second kappa shape index (κ2) is 6.07. The van der Waals surface area contributed by atoms with Crippen LogP contribution in [-0.4, -0.2) is 17.1 Å². The van der Waals surface area contributed by atoms with Gasteiger partial charge in [0.05, 0.1) is 6.21 Å². The van der Waals surface area contributed by atoms with Crippen LogP contribution in [0.5, 0.6) is 0 Å². The van der Waals surface area contributed by atoms with Crippen LogP contribution in [0.25, 0.3) is 0 Å². The number of hydrogen-bond acceptors (Lipinski definition) is 3. The van der Waals surface area contributed by atoms with Gasteiger partial charge in [0.1, 0.15) is 5.69 Å². The second-order valence-corrected chi connectivity index (χ2v) is 4.38. The maximum Gasteiger partial charge on any atom is 0.289 e. The first-order valence-electron chi connectivity index (χ1n) is 5.26. The van der Waals surface area contributed by atoms with Gasteiger partial charge >= 0.3 is 0 Å². The molecule has 0 unspecified atom stereocenters. The minimum atomic E-state index is -0.330. The van der Waals surface area contributed by atoms with Crippen LogP contribution in [-0.2, 0) is 0 Å². The third kappa shape index (κ3) is 3.49. The Kier molecular flexibility index (Phi) is 4.20. The zero-order chi connectivity index (χ0) is 12.8. The maximum absolute atomic E-state index is 11.6. The summed E-state index contributed by atoms with van der Waals surface area (Å²) in [6.45, 7) is 0. The van der Waals surface area contributed by atoms with Crippen LogP contribution in [0.15, 0.2) is 58.2 Å². The molecule has 0 fully saturated rings. The summed E-state index contributed by atoms with van der Waals surface area (Å²) in [6, 6.07) is 12.7. The highest BCUT2D eigenvalue weighted by molar-refractivity contribution is 9.10. The van der Waals surface area contributed by atoms with E-state index >= 15 is 0 Å². The Morgan fingerprint density at radius 1 is 1.22 bits per heavy atom. The quantitative estimate of drug-likeness (QED) is 0.700. The van der Waals surface area contributed by atoms with Crippen molar-refractivity contribution in [1.29, 1.82) is 0 Å². The Morgan fingerprint density at radius 2 is 2.00 bits per heavy atom. The lowest BCUT2D eigenvalue weighted by molar-refractivity contribution is 0.0950. The Morgan fingerprint density at radius 3 is 2.67 bits per heavy atom. The van der Waals surface area contributed by atoms with E-state index in [1.54, 1.807) is 30.6 Å². The van der Waals surface area contributed by atoms with Crippen molar-refractivity contribution in [2.24, 2.45) is 5.10 Å². The molecule has 0 atom stereocenters. The molecule has 1 amide bonds. The SMILES string of the molecule is O=C(N/N=C/c1ccc(Br)cc1)c1ccccn1. The van der Waals surface area contributed by atoms with Gasteiger partial charge in [0.25, 0.3) is 5.91 Å². The summed E-state index contributed by atoms with van der Waals surface area (Å²) in [6.07, 6.45) is 3.14. The molecule has 1 heterocycles. The van der Waals surface area contributed by atoms with E-state index in [2.05, 4.69) is 31.4 Å². The van der Waals surface area contributed by atoms with E-state index in [0.717, 1.165) is 10.0 Å². The number of hydrogen-bond donors (Lipinski definition) is 1. The third-order valence-corrected chi connectivity index (χ3v) is 2.68. The van der Waals surface area contributed by atoms with E-state index in [0.29, 0.717) is 5.69 Å². The van der Waals surface area contributed by atoms with Gasteiger partial charge in [-0.2, -0.15) is 5.10 Å². The molecule has 1 aromatic carbocycles. The van der Waals surface area contributed by atoms with E-state index in [1.807, 2.05) is 24.3 Å². The van der Waals surface area contributed by atoms with Crippen molar-refractivity contribution >= 4 is 28.1 Å². The minimum Gasteiger partial charge on any atom is -0.266 e. The first-order chi connectivity index (χ1) is 8.75. The fraction of sp³-hybridized carbons (Fsp3) is 0. The van der Waals surface area contributed by atoms with Gasteiger partial charge in [0.15, 0.2) is 0 Å². The van der Waals surface area contributed by atoms with E-state index in [9.17, 15) is 4.79 Å². The van der Waals surface area contributed by atoms with E-state index in [1.165, 1.54) is 0 Å². The molecule has 0 saturated heterocycles. The molecule has 0 aliphatic heterocycles. The Labute approximate surface area is 113 Å². The lowest BCUT2D eigenvalue weighted by Crippen LogP contribution is -2.18. The molecule has 1 N–H and O–H groups in total. The molecule has 18 heavy (non-hydrogen) atoms. The molecule has 2 rings (SSSR count). The maximum atomic E-state index is 11.6. The Bertz CT molecular complexity index is 552. The zero-order valence-electron chi connectivity index (χ0n) is 9.38. The molecule has 0 saturated carbocycles. The molecule has 0 bridgehead atoms. The lowest BCUT2D eigenvalue weighted by Gasteiger charge is -1.98. The van der Waals surface area contributed by atoms with Crippen molar-refractivity contribution in [3.8, 4) is 0 Å². The summed E-state index contributed by atoms with van der Waals surface area (Å²) >= 11 is 3.34. The van der Waals surface area contributed by atoms with Crippen LogP contribution >= 0.6 is 15.9 Å². The second-order valence-electron chi connectivity index (χ2n) is 3.47. The van der Waals surface area contributed by atoms with Crippen molar-refractivity contribution in [2.45, 2.75) is 0 Å². The summed E-state index contributed by atoms with van der Waals surface area (Å²) in [4.78, 5) is 15.5. The fourth-order valence-corrected chi connectivity index (χ4v) is 1.53. The van der Waals surface area contributed by atoms with Gasteiger partial charge in [-0.05, 0) is 29.8 Å². The predicted octanol–water partition coefficient (Wildman–Crippen LogP) is 2.61. The average Bonchev–Trinajstić information content (AvgIpc) is 2.42. The number of amides is 1. The van der Waals surface area contributed by atoms with Gasteiger partial charge in [-0.15, -0.1) is 0 Å². The normalized spacial score (nSPS) is 10.5. The summed E-state index contributed by atoms with van der Waals surface area (Å²) in [5, 5.41) is 3.87. The average molecular weight is 304 g/mol. The van der Waals surface area contributed by atoms with Crippen molar-refractivity contribution in [3.63, 3.8) is 0 Å². The highest BCUT2D eigenvalue weighted by Crippen LogP contribution is 2.08. The summed E-state index contributed by atoms with van der Waals surface area (Å²) in [5.41, 5.74) is 3.66. The topological polar surface area (TPSA) is 54.4 Å². The standard InChI is InChI=1S/C13H10BrN3O/c14-11-6-4-10(5-7-11)9-16-17-13(18)12-3-1-2-8-15-12/h1-9H,(H,17,18)/b16-9+. The monoisotopic (exact) mass is 303 g/mol. The smallest absolute Gasteiger partial charge is 0.266 e. The molecular formula is C13H10BrN3O. The molecule has 1 aromatic heterocycles. The number of rotatable bonds is 3. The van der Waals surface area contributed by atoms with Crippen LogP contribution in [0.4, 0.5) is 0 Å². The van der Waals surface area contributed by atoms with Crippen LogP contribution in [0.1, 0.15) is 16.1 Å². The number of nitrogens with one attached hydrogen (secondary N) is 1. The highest BCUT2D eigenvalue weighted by atomic mass is 79.9. The number of carbonyl (C=O) groups excluding carboxylic acids is 1. The van der Waals surface area contributed by atoms with Crippen molar-refractivity contribution in [3.05, 3.63) is 64.4 Å². The largest absolute Gasteiger partial charge is 0.289 e. The summed E-state index contributed by atoms with van der Waals surface area (Å²) < 4.78 is 0.997. The van der Waals surface area contributed by atoms with Crippen LogP contribution in [0.3, 0.4) is 0 Å². The molecule has 90 valence electrons. The lowest BCUT2D eigenvalue weighted by atomic mass is 10.2. The molecule has 2 aromatic rings. The van der Waals surface area contributed by atoms with Crippen LogP contribution < -0.4 is 5.43 Å². The number of benzene rings is 1. The van der Waals surface area contributed by atoms with Crippen molar-refractivity contribution < 1.29 is 4.79 Å². The van der Waals surface area contributed by atoms with Gasteiger partial charge in [-0.25, -0.2) is 5.43 Å². The van der Waals surface area contributed by atoms with Gasteiger partial charge < -0.3 is 0 Å². The van der Waals surface area contributed by atoms with E-state index < -0.39 is 0 Å². The number of aromatic nitrogens is 1. The minimum absolute atomic E-state index is 0.330. The Balaban J connectivity index is 1.96. The van der Waals surface area contributed by atoms with Gasteiger partial charge in [-0.1, -0.05) is 34.1 Å². The number of pyridine rings is 1. The number of halogens is 1. The zero-order valence-corrected chi connectivity index (χ0v) is 11.0. The molecule has 5 heteroatoms. The molecule has 0 radical (unpaired) electrons. The fourth-order valence-electron chi connectivity index (χ4n) is 1.27. The first kappa shape index (κ1) is 12.4. The summed E-state index contributed by atoms with van der Waals surface area (Å²) in [5.74, 6) is -0.330. The van der Waals surface area contributed by atoms with Gasteiger partial charge in [-0.3, -0.25) is 9.78 Å². The molecule has 4 nitrogen and oxygen atoms in total. The van der Waals surface area contributed by atoms with Crippen molar-refractivity contribution in [1.82, 2.24) is 10.4 Å². The van der Waals surface area contributed by atoms with Gasteiger partial charge in [0.2, 0.25) is 0 Å². The molecule has 0 aliphatic carbocycles. The molecular weight excluding hydrogens is 294 g/mol. The Hall–Kier alpha value is -2.01. The third-order valence-electron chi connectivity index (χ3n) is 2.15. The van der Waals surface area contributed by atoms with Gasteiger partial charge in [0, 0.05) is 10.7 Å². The highest BCUT2D eigenvalue weighted by Gasteiger charge is 2.03. The number of hydrazone groups is 1. The van der Waals surface area contributed by atoms with Crippen molar-refractivity contribution in [2.75, 3.05) is 0 Å². The predicted molar refractivity (Wildman–Crippen MR) is 73.4 cm³/mol. The van der Waals surface area contributed by atoms with E-state index in [4.69, 9.17) is 0 Å². The number of carbonyl (C=O) groups is 1. The molecule has 0 aliphatic rings. The molecule has 0 spiro atoms. The van der Waals surface area contributed by atoms with E-state index in [-0.39, 0.29) is 5.91 Å². The first-order valence-corrected chi connectivity index (χ1v) is 6.05. The number of nitrogens with zero attached hydrogens (tertiary/aromatic N) is 2. The van der Waals surface area contributed by atoms with Crippen LogP contribution in [0, 0.1) is 0 Å².